The summed E-state index contributed by atoms with van der Waals surface area (Å²) in [6.45, 7) is 3.74. The van der Waals surface area contributed by atoms with Crippen molar-refractivity contribution >= 4 is 28.8 Å². The summed E-state index contributed by atoms with van der Waals surface area (Å²) in [5.41, 5.74) is 0.633. The number of carbonyl (C=O) groups excluding carboxylic acids is 1. The minimum atomic E-state index is -0.783. The van der Waals surface area contributed by atoms with Crippen molar-refractivity contribution in [1.82, 2.24) is 15.1 Å². The van der Waals surface area contributed by atoms with Gasteiger partial charge in [0.05, 0.1) is 27.2 Å². The maximum atomic E-state index is 12.5. The van der Waals surface area contributed by atoms with E-state index in [1.54, 1.807) is 24.3 Å². The molecule has 12 heteroatoms. The Morgan fingerprint density at radius 3 is 2.03 bits per heavy atom. The van der Waals surface area contributed by atoms with Gasteiger partial charge in [-0.05, 0) is 31.3 Å². The smallest absolute Gasteiger partial charge is 0.277 e. The highest BCUT2D eigenvalue weighted by molar-refractivity contribution is 6.05. The lowest BCUT2D eigenvalue weighted by molar-refractivity contribution is -0.394. The molecule has 3 aromatic rings. The first-order chi connectivity index (χ1) is 16.3. The number of non-ortho nitro benzene ring substituents is 2. The van der Waals surface area contributed by atoms with E-state index < -0.39 is 27.1 Å². The second kappa shape index (κ2) is 9.58. The lowest BCUT2D eigenvalue weighted by Gasteiger charge is -2.32. The number of anilines is 2. The molecule has 1 aliphatic rings. The first kappa shape index (κ1) is 22.7. The molecule has 0 radical (unpaired) electrons. The number of rotatable bonds is 6. The summed E-state index contributed by atoms with van der Waals surface area (Å²) >= 11 is 0. The zero-order valence-corrected chi connectivity index (χ0v) is 18.2. The van der Waals surface area contributed by atoms with Gasteiger partial charge in [-0.2, -0.15) is 0 Å². The molecule has 1 N–H and O–H groups in total. The van der Waals surface area contributed by atoms with Crippen molar-refractivity contribution < 1.29 is 14.6 Å². The molecule has 0 saturated carbocycles. The van der Waals surface area contributed by atoms with Gasteiger partial charge in [-0.15, -0.1) is 10.2 Å². The first-order valence-corrected chi connectivity index (χ1v) is 10.4. The van der Waals surface area contributed by atoms with Crippen LogP contribution in [0, 0.1) is 20.2 Å². The third-order valence-corrected chi connectivity index (χ3v) is 5.50. The molecular formula is C22H21N7O5. The van der Waals surface area contributed by atoms with E-state index in [1.807, 2.05) is 12.1 Å². The largest absolute Gasteiger partial charge is 0.353 e. The number of piperazine rings is 1. The van der Waals surface area contributed by atoms with Crippen LogP contribution in [0.5, 0.6) is 0 Å². The van der Waals surface area contributed by atoms with Gasteiger partial charge in [0.25, 0.3) is 17.3 Å². The van der Waals surface area contributed by atoms with Crippen molar-refractivity contribution in [3.8, 4) is 11.3 Å². The summed E-state index contributed by atoms with van der Waals surface area (Å²) in [5, 5.41) is 33.3. The van der Waals surface area contributed by atoms with E-state index in [-0.39, 0.29) is 5.56 Å². The van der Waals surface area contributed by atoms with Crippen molar-refractivity contribution in [2.75, 3.05) is 43.4 Å². The number of aromatic nitrogens is 2. The van der Waals surface area contributed by atoms with Crippen LogP contribution in [-0.2, 0) is 0 Å². The lowest BCUT2D eigenvalue weighted by Crippen LogP contribution is -2.44. The summed E-state index contributed by atoms with van der Waals surface area (Å²) in [6.07, 6.45) is 0. The maximum absolute atomic E-state index is 12.5. The van der Waals surface area contributed by atoms with E-state index in [1.165, 1.54) is 0 Å². The summed E-state index contributed by atoms with van der Waals surface area (Å²) in [7, 11) is 2.09. The first-order valence-electron chi connectivity index (χ1n) is 10.4. The van der Waals surface area contributed by atoms with E-state index in [0.29, 0.717) is 11.4 Å². The van der Waals surface area contributed by atoms with E-state index >= 15 is 0 Å². The van der Waals surface area contributed by atoms with E-state index in [0.717, 1.165) is 55.8 Å². The van der Waals surface area contributed by atoms with Crippen molar-refractivity contribution in [3.05, 3.63) is 80.4 Å². The molecule has 1 aliphatic heterocycles. The SMILES string of the molecule is CN1CCN(c2ccc(-c3ccc(NC(=O)c4cc([N+](=O)[O-])cc([N+](=O)[O-])c4)cc3)nn2)CC1. The van der Waals surface area contributed by atoms with E-state index in [9.17, 15) is 25.0 Å². The number of carbonyl (C=O) groups is 1. The molecule has 0 atom stereocenters. The number of hydrogen-bond acceptors (Lipinski definition) is 9. The quantitative estimate of drug-likeness (QED) is 0.430. The molecule has 0 aliphatic carbocycles. The molecule has 0 unspecified atom stereocenters. The number of nitrogens with one attached hydrogen (secondary N) is 1. The number of hydrogen-bond donors (Lipinski definition) is 1. The van der Waals surface area contributed by atoms with Crippen LogP contribution in [0.1, 0.15) is 10.4 Å². The Morgan fingerprint density at radius 1 is 0.882 bits per heavy atom. The van der Waals surface area contributed by atoms with Crippen LogP contribution in [0.15, 0.2) is 54.6 Å². The molecule has 34 heavy (non-hydrogen) atoms. The van der Waals surface area contributed by atoms with Gasteiger partial charge in [0.15, 0.2) is 5.82 Å². The second-order valence-corrected chi connectivity index (χ2v) is 7.85. The van der Waals surface area contributed by atoms with Crippen molar-refractivity contribution in [1.29, 1.82) is 0 Å². The maximum Gasteiger partial charge on any atom is 0.277 e. The Labute approximate surface area is 194 Å². The summed E-state index contributed by atoms with van der Waals surface area (Å²) in [5.74, 6) is 0.127. The van der Waals surface area contributed by atoms with Gasteiger partial charge in [0, 0.05) is 49.6 Å². The molecule has 2 heterocycles. The highest BCUT2D eigenvalue weighted by Crippen LogP contribution is 2.25. The molecule has 1 amide bonds. The Bertz CT molecular complexity index is 1190. The number of amides is 1. The number of likely N-dealkylation sites (N-methyl/N-ethyl adjacent to an activating group) is 1. The van der Waals surface area contributed by atoms with Crippen LogP contribution < -0.4 is 10.2 Å². The molecular weight excluding hydrogens is 442 g/mol. The Kier molecular flexibility index (Phi) is 6.41. The van der Waals surface area contributed by atoms with Gasteiger partial charge < -0.3 is 15.1 Å². The third-order valence-electron chi connectivity index (χ3n) is 5.50. The molecule has 4 rings (SSSR count). The number of nitrogens with zero attached hydrogens (tertiary/aromatic N) is 6. The fourth-order valence-electron chi connectivity index (χ4n) is 3.55. The van der Waals surface area contributed by atoms with Crippen LogP contribution in [0.2, 0.25) is 0 Å². The molecule has 12 nitrogen and oxygen atoms in total. The van der Waals surface area contributed by atoms with Crippen molar-refractivity contribution in [2.45, 2.75) is 0 Å². The Balaban J connectivity index is 1.45. The van der Waals surface area contributed by atoms with Crippen LogP contribution in [0.25, 0.3) is 11.3 Å². The zero-order chi connectivity index (χ0) is 24.2. The minimum Gasteiger partial charge on any atom is -0.353 e. The standard InChI is InChI=1S/C22H21N7O5/c1-26-8-10-27(11-9-26)21-7-6-20(24-25-21)15-2-4-17(5-3-15)23-22(30)16-12-18(28(31)32)14-19(13-16)29(33)34/h2-7,12-14H,8-11H2,1H3,(H,23,30). The van der Waals surface area contributed by atoms with Gasteiger partial charge in [-0.25, -0.2) is 0 Å². The summed E-state index contributed by atoms with van der Waals surface area (Å²) in [4.78, 5) is 37.5. The van der Waals surface area contributed by atoms with Gasteiger partial charge >= 0.3 is 0 Å². The predicted molar refractivity (Wildman–Crippen MR) is 125 cm³/mol. The van der Waals surface area contributed by atoms with E-state index in [4.69, 9.17) is 0 Å². The van der Waals surface area contributed by atoms with Gasteiger partial charge in [-0.3, -0.25) is 25.0 Å². The van der Waals surface area contributed by atoms with Crippen LogP contribution in [0.4, 0.5) is 22.9 Å². The lowest BCUT2D eigenvalue weighted by atomic mass is 10.1. The fourth-order valence-corrected chi connectivity index (χ4v) is 3.55. The summed E-state index contributed by atoms with van der Waals surface area (Å²) < 4.78 is 0. The highest BCUT2D eigenvalue weighted by Gasteiger charge is 2.20. The normalized spacial score (nSPS) is 14.0. The summed E-state index contributed by atoms with van der Waals surface area (Å²) in [6, 6.07) is 13.4. The number of nitro benzene ring substituents is 2. The molecule has 1 fully saturated rings. The Hall–Kier alpha value is -4.45. The zero-order valence-electron chi connectivity index (χ0n) is 18.2. The van der Waals surface area contributed by atoms with Gasteiger partial charge in [-0.1, -0.05) is 12.1 Å². The molecule has 0 bridgehead atoms. The monoisotopic (exact) mass is 463 g/mol. The average Bonchev–Trinajstić information content (AvgIpc) is 2.85. The van der Waals surface area contributed by atoms with Crippen molar-refractivity contribution in [3.63, 3.8) is 0 Å². The Morgan fingerprint density at radius 2 is 1.50 bits per heavy atom. The number of nitro groups is 2. The van der Waals surface area contributed by atoms with Crippen LogP contribution in [0.3, 0.4) is 0 Å². The van der Waals surface area contributed by atoms with E-state index in [2.05, 4.69) is 32.4 Å². The van der Waals surface area contributed by atoms with Gasteiger partial charge in [0.1, 0.15) is 0 Å². The third kappa shape index (κ3) is 5.13. The molecule has 2 aromatic carbocycles. The number of benzene rings is 2. The highest BCUT2D eigenvalue weighted by atomic mass is 16.6. The molecule has 174 valence electrons. The van der Waals surface area contributed by atoms with Crippen molar-refractivity contribution in [2.24, 2.45) is 0 Å². The molecule has 1 saturated heterocycles. The minimum absolute atomic E-state index is 0.185. The average molecular weight is 463 g/mol. The molecule has 1 aromatic heterocycles. The van der Waals surface area contributed by atoms with Gasteiger partial charge in [0.2, 0.25) is 0 Å². The topological polar surface area (TPSA) is 148 Å². The second-order valence-electron chi connectivity index (χ2n) is 7.85. The van der Waals surface area contributed by atoms with Crippen LogP contribution in [-0.4, -0.2) is 64.1 Å². The fraction of sp³-hybridized carbons (Fsp3) is 0.227. The molecule has 0 spiro atoms. The van der Waals surface area contributed by atoms with Crippen LogP contribution >= 0.6 is 0 Å². The predicted octanol–water partition coefficient (Wildman–Crippen LogP) is 2.96.